The van der Waals surface area contributed by atoms with Gasteiger partial charge in [-0.05, 0) is 19.3 Å². The number of nitrogens with zero attached hydrogens (tertiary/aromatic N) is 1. The molecule has 1 rings (SSSR count). The highest BCUT2D eigenvalue weighted by Crippen LogP contribution is 2.21. The van der Waals surface area contributed by atoms with Gasteiger partial charge >= 0.3 is 12.0 Å². The third-order valence-corrected chi connectivity index (χ3v) is 2.50. The van der Waals surface area contributed by atoms with E-state index in [1.54, 1.807) is 0 Å². The first-order valence-electron chi connectivity index (χ1n) is 6.84. The van der Waals surface area contributed by atoms with Crippen molar-refractivity contribution in [1.82, 2.24) is 10.5 Å². The maximum absolute atomic E-state index is 12.0. The highest BCUT2D eigenvalue weighted by molar-refractivity contribution is 5.99. The average molecular weight is 283 g/mol. The van der Waals surface area contributed by atoms with Crippen molar-refractivity contribution in [1.29, 1.82) is 0 Å². The largest absolute Gasteiger partial charge is 0.462 e. The maximum Gasteiger partial charge on any atom is 0.345 e. The lowest BCUT2D eigenvalue weighted by molar-refractivity contribution is 0.0504. The van der Waals surface area contributed by atoms with Crippen LogP contribution in [0.3, 0.4) is 0 Å². The molecular formula is C13H21N3O4. The molecule has 112 valence electrons. The Morgan fingerprint density at radius 1 is 1.25 bits per heavy atom. The van der Waals surface area contributed by atoms with Crippen molar-refractivity contribution in [2.45, 2.75) is 40.0 Å². The summed E-state index contributed by atoms with van der Waals surface area (Å²) in [5.74, 6) is -0.507. The van der Waals surface area contributed by atoms with Gasteiger partial charge in [0.15, 0.2) is 0 Å². The number of carbonyl (C=O) groups excluding carboxylic acids is 2. The summed E-state index contributed by atoms with van der Waals surface area (Å²) in [7, 11) is 0. The molecule has 0 aromatic carbocycles. The van der Waals surface area contributed by atoms with Crippen LogP contribution in [0.5, 0.6) is 0 Å². The Kier molecular flexibility index (Phi) is 6.55. The summed E-state index contributed by atoms with van der Waals surface area (Å²) < 4.78 is 10.1. The molecule has 7 nitrogen and oxygen atoms in total. The predicted octanol–water partition coefficient (Wildman–Crippen LogP) is 2.34. The second kappa shape index (κ2) is 8.19. The fourth-order valence-electron chi connectivity index (χ4n) is 1.51. The van der Waals surface area contributed by atoms with E-state index in [2.05, 4.69) is 15.8 Å². The quantitative estimate of drug-likeness (QED) is 0.749. The van der Waals surface area contributed by atoms with Gasteiger partial charge in [-0.15, -0.1) is 0 Å². The van der Waals surface area contributed by atoms with E-state index in [4.69, 9.17) is 9.26 Å². The smallest absolute Gasteiger partial charge is 0.345 e. The van der Waals surface area contributed by atoms with Crippen molar-refractivity contribution in [3.8, 4) is 0 Å². The van der Waals surface area contributed by atoms with E-state index >= 15 is 0 Å². The fourth-order valence-corrected chi connectivity index (χ4v) is 1.51. The molecule has 0 saturated carbocycles. The summed E-state index contributed by atoms with van der Waals surface area (Å²) >= 11 is 0. The SMILES string of the molecule is CCCNC(=O)Nc1onc(CC)c1C(=O)OCCC. The van der Waals surface area contributed by atoms with Crippen LogP contribution in [0, 0.1) is 0 Å². The van der Waals surface area contributed by atoms with Gasteiger partial charge in [0.25, 0.3) is 0 Å². The third kappa shape index (κ3) is 4.25. The van der Waals surface area contributed by atoms with Gasteiger partial charge < -0.3 is 14.6 Å². The van der Waals surface area contributed by atoms with Gasteiger partial charge in [0.1, 0.15) is 11.3 Å². The molecule has 1 aromatic heterocycles. The van der Waals surface area contributed by atoms with Crippen molar-refractivity contribution < 1.29 is 18.8 Å². The monoisotopic (exact) mass is 283 g/mol. The number of hydrogen-bond acceptors (Lipinski definition) is 5. The van der Waals surface area contributed by atoms with Crippen LogP contribution in [0.25, 0.3) is 0 Å². The minimum absolute atomic E-state index is 0.0246. The van der Waals surface area contributed by atoms with E-state index in [0.717, 1.165) is 12.8 Å². The third-order valence-electron chi connectivity index (χ3n) is 2.50. The Hall–Kier alpha value is -2.05. The van der Waals surface area contributed by atoms with Crippen molar-refractivity contribution in [2.75, 3.05) is 18.5 Å². The lowest BCUT2D eigenvalue weighted by Crippen LogP contribution is -2.29. The summed E-state index contributed by atoms with van der Waals surface area (Å²) in [6, 6.07) is -0.435. The number of rotatable bonds is 7. The highest BCUT2D eigenvalue weighted by Gasteiger charge is 2.24. The van der Waals surface area contributed by atoms with Crippen molar-refractivity contribution in [2.24, 2.45) is 0 Å². The molecular weight excluding hydrogens is 262 g/mol. The summed E-state index contributed by atoms with van der Waals surface area (Å²) in [4.78, 5) is 23.6. The van der Waals surface area contributed by atoms with Gasteiger partial charge in [0, 0.05) is 6.54 Å². The van der Waals surface area contributed by atoms with Crippen LogP contribution in [-0.4, -0.2) is 30.3 Å². The summed E-state index contributed by atoms with van der Waals surface area (Å²) in [5, 5.41) is 8.88. The van der Waals surface area contributed by atoms with Crippen LogP contribution in [0.4, 0.5) is 10.7 Å². The molecule has 2 amide bonds. The molecule has 0 aliphatic heterocycles. The maximum atomic E-state index is 12.0. The predicted molar refractivity (Wildman–Crippen MR) is 73.8 cm³/mol. The summed E-state index contributed by atoms with van der Waals surface area (Å²) in [6.45, 7) is 6.54. The molecule has 2 N–H and O–H groups in total. The van der Waals surface area contributed by atoms with Crippen molar-refractivity contribution in [3.05, 3.63) is 11.3 Å². The van der Waals surface area contributed by atoms with Gasteiger partial charge in [0.2, 0.25) is 5.88 Å². The van der Waals surface area contributed by atoms with E-state index in [1.807, 2.05) is 20.8 Å². The number of urea groups is 1. The Morgan fingerprint density at radius 3 is 2.60 bits per heavy atom. The zero-order valence-electron chi connectivity index (χ0n) is 12.1. The molecule has 1 heterocycles. The second-order valence-corrected chi connectivity index (χ2v) is 4.20. The first-order valence-corrected chi connectivity index (χ1v) is 6.84. The lowest BCUT2D eigenvalue weighted by atomic mass is 10.2. The molecule has 0 saturated heterocycles. The van der Waals surface area contributed by atoms with Crippen molar-refractivity contribution in [3.63, 3.8) is 0 Å². The molecule has 0 aliphatic carbocycles. The summed E-state index contributed by atoms with van der Waals surface area (Å²) in [5.41, 5.74) is 0.657. The van der Waals surface area contributed by atoms with Crippen LogP contribution >= 0.6 is 0 Å². The Bertz CT molecular complexity index is 456. The Balaban J connectivity index is 2.83. The number of aromatic nitrogens is 1. The van der Waals surface area contributed by atoms with E-state index in [-0.39, 0.29) is 11.4 Å². The minimum atomic E-state index is -0.532. The normalized spacial score (nSPS) is 10.2. The number of nitrogens with one attached hydrogen (secondary N) is 2. The number of esters is 1. The molecule has 0 bridgehead atoms. The van der Waals surface area contributed by atoms with Crippen LogP contribution in [0.1, 0.15) is 49.7 Å². The Labute approximate surface area is 118 Å². The standard InChI is InChI=1S/C13H21N3O4/c1-4-7-14-13(18)15-11-10(9(6-3)16-20-11)12(17)19-8-5-2/h4-8H2,1-3H3,(H2,14,15,18). The lowest BCUT2D eigenvalue weighted by Gasteiger charge is -2.06. The average Bonchev–Trinajstić information content (AvgIpc) is 2.85. The second-order valence-electron chi connectivity index (χ2n) is 4.20. The van der Waals surface area contributed by atoms with Crippen molar-refractivity contribution >= 4 is 17.9 Å². The van der Waals surface area contributed by atoms with E-state index in [1.165, 1.54) is 0 Å². The molecule has 0 unspecified atom stereocenters. The summed E-state index contributed by atoms with van der Waals surface area (Å²) in [6.07, 6.45) is 2.05. The van der Waals surface area contributed by atoms with E-state index in [9.17, 15) is 9.59 Å². The van der Waals surface area contributed by atoms with Crippen LogP contribution in [-0.2, 0) is 11.2 Å². The van der Waals surface area contributed by atoms with Crippen LogP contribution in [0.15, 0.2) is 4.52 Å². The van der Waals surface area contributed by atoms with Gasteiger partial charge in [-0.25, -0.2) is 9.59 Å². The fraction of sp³-hybridized carbons (Fsp3) is 0.615. The van der Waals surface area contributed by atoms with Gasteiger partial charge in [0.05, 0.1) is 6.61 Å². The molecule has 0 fully saturated rings. The van der Waals surface area contributed by atoms with Gasteiger partial charge in [-0.3, -0.25) is 5.32 Å². The number of aryl methyl sites for hydroxylation is 1. The number of ether oxygens (including phenoxy) is 1. The minimum Gasteiger partial charge on any atom is -0.462 e. The molecule has 0 atom stereocenters. The molecule has 0 spiro atoms. The van der Waals surface area contributed by atoms with Crippen LogP contribution in [0.2, 0.25) is 0 Å². The zero-order chi connectivity index (χ0) is 15.0. The van der Waals surface area contributed by atoms with E-state index < -0.39 is 12.0 Å². The molecule has 0 aliphatic rings. The zero-order valence-corrected chi connectivity index (χ0v) is 12.1. The topological polar surface area (TPSA) is 93.5 Å². The van der Waals surface area contributed by atoms with E-state index in [0.29, 0.717) is 25.3 Å². The molecule has 7 heteroatoms. The highest BCUT2D eigenvalue weighted by atomic mass is 16.5. The van der Waals surface area contributed by atoms with Crippen LogP contribution < -0.4 is 10.6 Å². The number of anilines is 1. The van der Waals surface area contributed by atoms with Gasteiger partial charge in [-0.2, -0.15) is 0 Å². The number of carbonyl (C=O) groups is 2. The molecule has 20 heavy (non-hydrogen) atoms. The first kappa shape index (κ1) is 16.0. The molecule has 0 radical (unpaired) electrons. The van der Waals surface area contributed by atoms with Gasteiger partial charge in [-0.1, -0.05) is 25.9 Å². The number of hydrogen-bond donors (Lipinski definition) is 2. The Morgan fingerprint density at radius 2 is 2.00 bits per heavy atom. The first-order chi connectivity index (χ1) is 9.63. The molecule has 1 aromatic rings. The number of amides is 2.